The molecule has 25 heavy (non-hydrogen) atoms. The molecule has 0 aliphatic carbocycles. The number of nitrogens with one attached hydrogen (secondary N) is 1. The first-order valence-corrected chi connectivity index (χ1v) is 8.54. The number of nitriles is 1. The number of amides is 1. The molecule has 1 N–H and O–H groups in total. The SMILES string of the molecule is Cc1cc([C@@H]2CCCN(C(=O)COc3ccc(CC#N)cc3)C2)n[nH]1. The number of carbonyl (C=O) groups is 1. The molecule has 1 aliphatic rings. The first kappa shape index (κ1) is 17.0. The lowest BCUT2D eigenvalue weighted by Crippen LogP contribution is -2.41. The predicted octanol–water partition coefficient (Wildman–Crippen LogP) is 2.57. The minimum absolute atomic E-state index is 0.00180. The molecule has 2 heterocycles. The fraction of sp³-hybridized carbons (Fsp3) is 0.421. The third kappa shape index (κ3) is 4.38. The van der Waals surface area contributed by atoms with E-state index >= 15 is 0 Å². The molecule has 1 aromatic heterocycles. The molecule has 130 valence electrons. The second-order valence-corrected chi connectivity index (χ2v) is 6.42. The number of piperidine rings is 1. The molecular weight excluding hydrogens is 316 g/mol. The van der Waals surface area contributed by atoms with Crippen molar-refractivity contribution >= 4 is 5.91 Å². The third-order valence-electron chi connectivity index (χ3n) is 4.49. The third-order valence-corrected chi connectivity index (χ3v) is 4.49. The number of rotatable bonds is 5. The quantitative estimate of drug-likeness (QED) is 0.908. The van der Waals surface area contributed by atoms with E-state index in [0.29, 0.717) is 18.7 Å². The van der Waals surface area contributed by atoms with Crippen LogP contribution < -0.4 is 4.74 Å². The second kappa shape index (κ2) is 7.84. The Bertz CT molecular complexity index is 760. The number of aryl methyl sites for hydroxylation is 1. The van der Waals surface area contributed by atoms with E-state index in [2.05, 4.69) is 22.3 Å². The van der Waals surface area contributed by atoms with Crippen LogP contribution in [-0.4, -0.2) is 40.7 Å². The Hall–Kier alpha value is -2.81. The summed E-state index contributed by atoms with van der Waals surface area (Å²) in [6.07, 6.45) is 2.40. The van der Waals surface area contributed by atoms with Crippen molar-refractivity contribution in [1.82, 2.24) is 15.1 Å². The maximum absolute atomic E-state index is 12.5. The zero-order valence-corrected chi connectivity index (χ0v) is 14.4. The Morgan fingerprint density at radius 1 is 1.44 bits per heavy atom. The molecule has 2 aromatic rings. The van der Waals surface area contributed by atoms with E-state index in [1.807, 2.05) is 24.0 Å². The van der Waals surface area contributed by atoms with Crippen LogP contribution in [0.5, 0.6) is 5.75 Å². The molecular formula is C19H22N4O2. The van der Waals surface area contributed by atoms with Crippen LogP contribution in [0, 0.1) is 18.3 Å². The van der Waals surface area contributed by atoms with Gasteiger partial charge in [0.15, 0.2) is 6.61 Å². The Morgan fingerprint density at radius 2 is 2.24 bits per heavy atom. The highest BCUT2D eigenvalue weighted by atomic mass is 16.5. The van der Waals surface area contributed by atoms with Crippen LogP contribution in [0.3, 0.4) is 0 Å². The van der Waals surface area contributed by atoms with Crippen molar-refractivity contribution in [1.29, 1.82) is 5.26 Å². The first-order chi connectivity index (χ1) is 12.2. The largest absolute Gasteiger partial charge is 0.484 e. The van der Waals surface area contributed by atoms with Crippen LogP contribution in [0.25, 0.3) is 0 Å². The summed E-state index contributed by atoms with van der Waals surface area (Å²) in [5.74, 6) is 0.928. The van der Waals surface area contributed by atoms with Gasteiger partial charge in [0.05, 0.1) is 18.2 Å². The molecule has 0 radical (unpaired) electrons. The van der Waals surface area contributed by atoms with Gasteiger partial charge in [0, 0.05) is 24.7 Å². The molecule has 1 aromatic carbocycles. The number of hydrogen-bond donors (Lipinski definition) is 1. The maximum atomic E-state index is 12.5. The van der Waals surface area contributed by atoms with Gasteiger partial charge in [-0.25, -0.2) is 0 Å². The van der Waals surface area contributed by atoms with Crippen molar-refractivity contribution in [3.63, 3.8) is 0 Å². The van der Waals surface area contributed by atoms with Gasteiger partial charge in [-0.05, 0) is 43.5 Å². The monoisotopic (exact) mass is 338 g/mol. The molecule has 6 nitrogen and oxygen atoms in total. The molecule has 1 atom stereocenters. The van der Waals surface area contributed by atoms with Gasteiger partial charge >= 0.3 is 0 Å². The zero-order chi connectivity index (χ0) is 17.6. The Balaban J connectivity index is 1.53. The summed E-state index contributed by atoms with van der Waals surface area (Å²) < 4.78 is 5.60. The Morgan fingerprint density at radius 3 is 2.92 bits per heavy atom. The first-order valence-electron chi connectivity index (χ1n) is 8.54. The zero-order valence-electron chi connectivity index (χ0n) is 14.4. The minimum Gasteiger partial charge on any atom is -0.484 e. The summed E-state index contributed by atoms with van der Waals surface area (Å²) in [6, 6.07) is 11.4. The molecule has 1 aliphatic heterocycles. The fourth-order valence-electron chi connectivity index (χ4n) is 3.12. The van der Waals surface area contributed by atoms with E-state index in [1.54, 1.807) is 12.1 Å². The maximum Gasteiger partial charge on any atom is 0.260 e. The summed E-state index contributed by atoms with van der Waals surface area (Å²) in [5, 5.41) is 16.0. The van der Waals surface area contributed by atoms with Crippen molar-refractivity contribution in [3.8, 4) is 11.8 Å². The van der Waals surface area contributed by atoms with Gasteiger partial charge in [-0.2, -0.15) is 10.4 Å². The Kier molecular flexibility index (Phi) is 5.34. The number of hydrogen-bond acceptors (Lipinski definition) is 4. The van der Waals surface area contributed by atoms with Gasteiger partial charge in [0.1, 0.15) is 5.75 Å². The molecule has 0 unspecified atom stereocenters. The number of ether oxygens (including phenoxy) is 1. The van der Waals surface area contributed by atoms with E-state index in [0.717, 1.165) is 36.3 Å². The van der Waals surface area contributed by atoms with E-state index in [9.17, 15) is 4.79 Å². The van der Waals surface area contributed by atoms with Gasteiger partial charge in [0.25, 0.3) is 5.91 Å². The van der Waals surface area contributed by atoms with Crippen molar-refractivity contribution < 1.29 is 9.53 Å². The minimum atomic E-state index is -0.00180. The number of benzene rings is 1. The van der Waals surface area contributed by atoms with Crippen LogP contribution in [0.2, 0.25) is 0 Å². The molecule has 0 bridgehead atoms. The summed E-state index contributed by atoms with van der Waals surface area (Å²) in [7, 11) is 0. The molecule has 3 rings (SSSR count). The van der Waals surface area contributed by atoms with Crippen LogP contribution in [0.4, 0.5) is 0 Å². The van der Waals surface area contributed by atoms with E-state index in [4.69, 9.17) is 10.00 Å². The molecule has 1 amide bonds. The van der Waals surface area contributed by atoms with E-state index < -0.39 is 0 Å². The molecule has 0 spiro atoms. The van der Waals surface area contributed by atoms with E-state index in [-0.39, 0.29) is 18.4 Å². The number of likely N-dealkylation sites (tertiary alicyclic amines) is 1. The van der Waals surface area contributed by atoms with Gasteiger partial charge in [-0.3, -0.25) is 9.89 Å². The number of nitrogens with zero attached hydrogens (tertiary/aromatic N) is 3. The van der Waals surface area contributed by atoms with Crippen LogP contribution >= 0.6 is 0 Å². The van der Waals surface area contributed by atoms with Crippen molar-refractivity contribution in [2.45, 2.75) is 32.1 Å². The predicted molar refractivity (Wildman–Crippen MR) is 93.1 cm³/mol. The normalized spacial score (nSPS) is 17.1. The summed E-state index contributed by atoms with van der Waals surface area (Å²) in [6.45, 7) is 3.47. The van der Waals surface area contributed by atoms with Crippen LogP contribution in [0.15, 0.2) is 30.3 Å². The summed E-state index contributed by atoms with van der Waals surface area (Å²) >= 11 is 0. The highest BCUT2D eigenvalue weighted by Crippen LogP contribution is 2.26. The molecule has 1 saturated heterocycles. The lowest BCUT2D eigenvalue weighted by Gasteiger charge is -2.31. The average Bonchev–Trinajstić information content (AvgIpc) is 3.08. The number of H-pyrrole nitrogens is 1. The number of aromatic nitrogens is 2. The van der Waals surface area contributed by atoms with Crippen molar-refractivity contribution in [2.75, 3.05) is 19.7 Å². The highest BCUT2D eigenvalue weighted by molar-refractivity contribution is 5.78. The van der Waals surface area contributed by atoms with E-state index in [1.165, 1.54) is 0 Å². The fourth-order valence-corrected chi connectivity index (χ4v) is 3.12. The highest BCUT2D eigenvalue weighted by Gasteiger charge is 2.26. The van der Waals surface area contributed by atoms with Gasteiger partial charge in [-0.15, -0.1) is 0 Å². The lowest BCUT2D eigenvalue weighted by atomic mass is 9.94. The van der Waals surface area contributed by atoms with Gasteiger partial charge in [-0.1, -0.05) is 12.1 Å². The van der Waals surface area contributed by atoms with Gasteiger partial charge in [0.2, 0.25) is 0 Å². The second-order valence-electron chi connectivity index (χ2n) is 6.42. The van der Waals surface area contributed by atoms with Crippen molar-refractivity contribution in [2.24, 2.45) is 0 Å². The van der Waals surface area contributed by atoms with Crippen LogP contribution in [-0.2, 0) is 11.2 Å². The van der Waals surface area contributed by atoms with Crippen molar-refractivity contribution in [3.05, 3.63) is 47.3 Å². The summed E-state index contributed by atoms with van der Waals surface area (Å²) in [4.78, 5) is 14.3. The molecule has 1 fully saturated rings. The van der Waals surface area contributed by atoms with Crippen LogP contribution in [0.1, 0.15) is 35.7 Å². The smallest absolute Gasteiger partial charge is 0.260 e. The molecule has 6 heteroatoms. The Labute approximate surface area is 147 Å². The standard InChI is InChI=1S/C19H22N4O2/c1-14-11-18(22-21-14)16-3-2-10-23(12-16)19(24)13-25-17-6-4-15(5-7-17)8-9-20/h4-7,11,16H,2-3,8,10,12-13H2,1H3,(H,21,22)/t16-/m1/s1. The lowest BCUT2D eigenvalue weighted by molar-refractivity contribution is -0.134. The molecule has 0 saturated carbocycles. The average molecular weight is 338 g/mol. The number of aromatic amines is 1. The topological polar surface area (TPSA) is 82.0 Å². The number of carbonyl (C=O) groups excluding carboxylic acids is 1. The summed E-state index contributed by atoms with van der Waals surface area (Å²) in [5.41, 5.74) is 3.01. The van der Waals surface area contributed by atoms with Gasteiger partial charge < -0.3 is 9.64 Å².